The number of thiophene rings is 1. The fourth-order valence-electron chi connectivity index (χ4n) is 7.29. The molecule has 10 aromatic rings. The summed E-state index contributed by atoms with van der Waals surface area (Å²) in [5.74, 6) is 0. The first-order chi connectivity index (χ1) is 22.3. The van der Waals surface area contributed by atoms with E-state index in [0.29, 0.717) is 0 Å². The van der Waals surface area contributed by atoms with Crippen LogP contribution < -0.4 is 0 Å². The summed E-state index contributed by atoms with van der Waals surface area (Å²) in [5, 5.41) is 7.75. The summed E-state index contributed by atoms with van der Waals surface area (Å²) >= 11 is 1.86. The Morgan fingerprint density at radius 3 is 1.47 bits per heavy atom. The van der Waals surface area contributed by atoms with E-state index in [9.17, 15) is 0 Å². The Labute approximate surface area is 263 Å². The van der Waals surface area contributed by atoms with E-state index >= 15 is 0 Å². The molecule has 0 N–H and O–H groups in total. The highest BCUT2D eigenvalue weighted by Gasteiger charge is 2.16. The molecule has 0 aliphatic carbocycles. The lowest BCUT2D eigenvalue weighted by Crippen LogP contribution is -1.94. The molecule has 3 heteroatoms. The van der Waals surface area contributed by atoms with Crippen LogP contribution in [0.4, 0.5) is 0 Å². The minimum atomic E-state index is 1.17. The van der Waals surface area contributed by atoms with Gasteiger partial charge in [-0.25, -0.2) is 0 Å². The molecule has 0 fully saturated rings. The standard InChI is InChI=1S/C42H26N2S/c1-5-13-37-31(9-1)32-10-2-6-14-38(32)43(37)29-20-17-27(18-21-29)28-19-23-34-33-11-3-7-15-39(33)44(40(34)25-28)30-22-24-42-36(26-30)35-12-4-8-16-41(35)45-42/h1-26H. The molecule has 0 unspecified atom stereocenters. The molecule has 0 spiro atoms. The van der Waals surface area contributed by atoms with Gasteiger partial charge in [0.05, 0.1) is 22.1 Å². The molecular weight excluding hydrogens is 565 g/mol. The number of aromatic nitrogens is 2. The monoisotopic (exact) mass is 590 g/mol. The molecule has 2 nitrogen and oxygen atoms in total. The van der Waals surface area contributed by atoms with Crippen molar-refractivity contribution in [3.63, 3.8) is 0 Å². The van der Waals surface area contributed by atoms with Crippen LogP contribution in [0.1, 0.15) is 0 Å². The van der Waals surface area contributed by atoms with Crippen LogP contribution in [0.3, 0.4) is 0 Å². The van der Waals surface area contributed by atoms with Gasteiger partial charge in [0.25, 0.3) is 0 Å². The summed E-state index contributed by atoms with van der Waals surface area (Å²) in [6.45, 7) is 0. The Bertz CT molecular complexity index is 2700. The lowest BCUT2D eigenvalue weighted by atomic mass is 10.0. The Balaban J connectivity index is 1.14. The maximum Gasteiger partial charge on any atom is 0.0547 e. The highest BCUT2D eigenvalue weighted by atomic mass is 32.1. The van der Waals surface area contributed by atoms with Crippen molar-refractivity contribution in [2.75, 3.05) is 0 Å². The van der Waals surface area contributed by atoms with Crippen LogP contribution in [-0.2, 0) is 0 Å². The van der Waals surface area contributed by atoms with Gasteiger partial charge in [-0.15, -0.1) is 11.3 Å². The largest absolute Gasteiger partial charge is 0.309 e. The maximum atomic E-state index is 2.44. The van der Waals surface area contributed by atoms with E-state index in [1.165, 1.54) is 86.3 Å². The van der Waals surface area contributed by atoms with E-state index in [4.69, 9.17) is 0 Å². The van der Waals surface area contributed by atoms with E-state index < -0.39 is 0 Å². The zero-order valence-corrected chi connectivity index (χ0v) is 25.1. The highest BCUT2D eigenvalue weighted by molar-refractivity contribution is 7.25. The normalized spacial score (nSPS) is 12.0. The molecule has 3 heterocycles. The molecule has 3 aromatic heterocycles. The van der Waals surface area contributed by atoms with Gasteiger partial charge >= 0.3 is 0 Å². The van der Waals surface area contributed by atoms with Gasteiger partial charge in [0.2, 0.25) is 0 Å². The molecule has 0 amide bonds. The predicted molar refractivity (Wildman–Crippen MR) is 193 cm³/mol. The van der Waals surface area contributed by atoms with E-state index in [-0.39, 0.29) is 0 Å². The van der Waals surface area contributed by atoms with Gasteiger partial charge < -0.3 is 9.13 Å². The zero-order chi connectivity index (χ0) is 29.5. The van der Waals surface area contributed by atoms with Gasteiger partial charge in [-0.05, 0) is 71.8 Å². The number of fused-ring (bicyclic) bond motifs is 9. The predicted octanol–water partition coefficient (Wildman–Crippen LogP) is 11.9. The quantitative estimate of drug-likeness (QED) is 0.194. The average Bonchev–Trinajstić information content (AvgIpc) is 3.75. The van der Waals surface area contributed by atoms with Crippen molar-refractivity contribution in [3.8, 4) is 22.5 Å². The third kappa shape index (κ3) is 3.62. The number of rotatable bonds is 3. The maximum absolute atomic E-state index is 2.44. The Hall–Kier alpha value is -5.64. The second-order valence-electron chi connectivity index (χ2n) is 11.8. The molecule has 45 heavy (non-hydrogen) atoms. The van der Waals surface area contributed by atoms with Crippen molar-refractivity contribution in [2.45, 2.75) is 0 Å². The van der Waals surface area contributed by atoms with Gasteiger partial charge in [-0.1, -0.05) is 97.1 Å². The summed E-state index contributed by atoms with van der Waals surface area (Å²) < 4.78 is 7.47. The third-order valence-corrected chi connectivity index (χ3v) is 10.5. The van der Waals surface area contributed by atoms with Gasteiger partial charge in [0, 0.05) is 53.1 Å². The number of nitrogens with zero attached hydrogens (tertiary/aromatic N) is 2. The van der Waals surface area contributed by atoms with Gasteiger partial charge in [0.15, 0.2) is 0 Å². The lowest BCUT2D eigenvalue weighted by Gasteiger charge is -2.11. The topological polar surface area (TPSA) is 9.86 Å². The van der Waals surface area contributed by atoms with Crippen molar-refractivity contribution < 1.29 is 0 Å². The molecule has 0 saturated carbocycles. The molecule has 0 aliphatic rings. The fourth-order valence-corrected chi connectivity index (χ4v) is 8.37. The number of hydrogen-bond acceptors (Lipinski definition) is 1. The van der Waals surface area contributed by atoms with Crippen LogP contribution in [0.5, 0.6) is 0 Å². The van der Waals surface area contributed by atoms with Crippen LogP contribution in [-0.4, -0.2) is 9.13 Å². The second-order valence-corrected chi connectivity index (χ2v) is 12.9. The van der Waals surface area contributed by atoms with E-state index in [1.807, 2.05) is 11.3 Å². The number of hydrogen-bond donors (Lipinski definition) is 0. The van der Waals surface area contributed by atoms with Crippen molar-refractivity contribution in [1.82, 2.24) is 9.13 Å². The number of para-hydroxylation sites is 3. The molecule has 0 atom stereocenters. The Morgan fingerprint density at radius 2 is 0.800 bits per heavy atom. The molecule has 210 valence electrons. The average molecular weight is 591 g/mol. The summed E-state index contributed by atoms with van der Waals surface area (Å²) in [5.41, 5.74) is 9.68. The summed E-state index contributed by atoms with van der Waals surface area (Å²) in [6, 6.07) is 57.7. The zero-order valence-electron chi connectivity index (χ0n) is 24.3. The molecular formula is C42H26N2S. The second kappa shape index (κ2) is 9.43. The number of benzene rings is 7. The van der Waals surface area contributed by atoms with Crippen LogP contribution in [0.25, 0.3) is 86.3 Å². The first kappa shape index (κ1) is 24.8. The molecule has 0 saturated heterocycles. The third-order valence-electron chi connectivity index (χ3n) is 9.33. The first-order valence-corrected chi connectivity index (χ1v) is 16.2. The van der Waals surface area contributed by atoms with E-state index in [2.05, 4.69) is 167 Å². The fraction of sp³-hybridized carbons (Fsp3) is 0. The van der Waals surface area contributed by atoms with Gasteiger partial charge in [0.1, 0.15) is 0 Å². The van der Waals surface area contributed by atoms with E-state index in [1.54, 1.807) is 0 Å². The lowest BCUT2D eigenvalue weighted by molar-refractivity contribution is 1.18. The van der Waals surface area contributed by atoms with Crippen LogP contribution in [0, 0.1) is 0 Å². The SMILES string of the molecule is c1ccc2c(c1)sc1ccc(-n3c4ccccc4c4ccc(-c5ccc(-n6c7ccccc7c7ccccc76)cc5)cc43)cc12. The Morgan fingerprint density at radius 1 is 0.311 bits per heavy atom. The van der Waals surface area contributed by atoms with Crippen molar-refractivity contribution in [3.05, 3.63) is 158 Å². The van der Waals surface area contributed by atoms with E-state index in [0.717, 1.165) is 0 Å². The first-order valence-electron chi connectivity index (χ1n) is 15.4. The molecule has 0 radical (unpaired) electrons. The minimum Gasteiger partial charge on any atom is -0.309 e. The van der Waals surface area contributed by atoms with Crippen LogP contribution >= 0.6 is 11.3 Å². The van der Waals surface area contributed by atoms with Crippen LogP contribution in [0.2, 0.25) is 0 Å². The van der Waals surface area contributed by atoms with Gasteiger partial charge in [-0.3, -0.25) is 0 Å². The van der Waals surface area contributed by atoms with Crippen LogP contribution in [0.15, 0.2) is 158 Å². The molecule has 7 aromatic carbocycles. The summed E-state index contributed by atoms with van der Waals surface area (Å²) in [7, 11) is 0. The van der Waals surface area contributed by atoms with Crippen molar-refractivity contribution in [1.29, 1.82) is 0 Å². The summed E-state index contributed by atoms with van der Waals surface area (Å²) in [6.07, 6.45) is 0. The van der Waals surface area contributed by atoms with Crippen molar-refractivity contribution >= 4 is 75.1 Å². The molecule has 0 aliphatic heterocycles. The van der Waals surface area contributed by atoms with Crippen molar-refractivity contribution in [2.24, 2.45) is 0 Å². The Kier molecular flexibility index (Phi) is 5.19. The van der Waals surface area contributed by atoms with Gasteiger partial charge in [-0.2, -0.15) is 0 Å². The smallest absolute Gasteiger partial charge is 0.0547 e. The molecule has 0 bridgehead atoms. The summed E-state index contributed by atoms with van der Waals surface area (Å²) in [4.78, 5) is 0. The minimum absolute atomic E-state index is 1.17. The molecule has 10 rings (SSSR count). The highest BCUT2D eigenvalue weighted by Crippen LogP contribution is 2.39.